The SMILES string of the molecule is CCOC(=O)c1ccc(NC(=O)CNCC(=O)OCc2ccccc2)cc1. The first kappa shape index (κ1) is 20.1. The zero-order chi connectivity index (χ0) is 19.5. The summed E-state index contributed by atoms with van der Waals surface area (Å²) in [6, 6.07) is 15.7. The van der Waals surface area contributed by atoms with E-state index in [1.165, 1.54) is 0 Å². The van der Waals surface area contributed by atoms with Gasteiger partial charge in [0.2, 0.25) is 5.91 Å². The second-order valence-electron chi connectivity index (χ2n) is 5.60. The van der Waals surface area contributed by atoms with E-state index >= 15 is 0 Å². The van der Waals surface area contributed by atoms with Crippen LogP contribution in [0.3, 0.4) is 0 Å². The molecule has 0 bridgehead atoms. The first-order valence-corrected chi connectivity index (χ1v) is 8.55. The van der Waals surface area contributed by atoms with Crippen molar-refractivity contribution < 1.29 is 23.9 Å². The van der Waals surface area contributed by atoms with Crippen molar-refractivity contribution >= 4 is 23.5 Å². The van der Waals surface area contributed by atoms with Crippen LogP contribution in [0.25, 0.3) is 0 Å². The number of anilines is 1. The predicted molar refractivity (Wildman–Crippen MR) is 100 cm³/mol. The zero-order valence-corrected chi connectivity index (χ0v) is 15.1. The van der Waals surface area contributed by atoms with E-state index in [1.54, 1.807) is 31.2 Å². The molecule has 7 heteroatoms. The molecular weight excluding hydrogens is 348 g/mol. The quantitative estimate of drug-likeness (QED) is 0.657. The Hall–Kier alpha value is -3.19. The molecule has 0 unspecified atom stereocenters. The number of hydrogen-bond donors (Lipinski definition) is 2. The van der Waals surface area contributed by atoms with Crippen LogP contribution < -0.4 is 10.6 Å². The number of ether oxygens (including phenoxy) is 2. The van der Waals surface area contributed by atoms with Gasteiger partial charge in [-0.05, 0) is 36.8 Å². The van der Waals surface area contributed by atoms with Crippen molar-refractivity contribution in [2.75, 3.05) is 25.0 Å². The van der Waals surface area contributed by atoms with Crippen LogP contribution >= 0.6 is 0 Å². The average Bonchev–Trinajstić information content (AvgIpc) is 2.68. The molecular formula is C20H22N2O5. The van der Waals surface area contributed by atoms with Crippen molar-refractivity contribution in [3.8, 4) is 0 Å². The normalized spacial score (nSPS) is 10.1. The first-order valence-electron chi connectivity index (χ1n) is 8.55. The monoisotopic (exact) mass is 370 g/mol. The summed E-state index contributed by atoms with van der Waals surface area (Å²) in [6.45, 7) is 2.12. The van der Waals surface area contributed by atoms with Gasteiger partial charge in [0.1, 0.15) is 6.61 Å². The lowest BCUT2D eigenvalue weighted by Crippen LogP contribution is -2.32. The van der Waals surface area contributed by atoms with Gasteiger partial charge in [-0.3, -0.25) is 14.9 Å². The molecule has 0 saturated heterocycles. The number of esters is 2. The minimum Gasteiger partial charge on any atom is -0.462 e. The highest BCUT2D eigenvalue weighted by Gasteiger charge is 2.08. The first-order chi connectivity index (χ1) is 13.1. The Morgan fingerprint density at radius 3 is 2.26 bits per heavy atom. The summed E-state index contributed by atoms with van der Waals surface area (Å²) in [5.74, 6) is -1.16. The van der Waals surface area contributed by atoms with E-state index in [0.717, 1.165) is 5.56 Å². The molecule has 0 aliphatic carbocycles. The Morgan fingerprint density at radius 1 is 0.889 bits per heavy atom. The fourth-order valence-corrected chi connectivity index (χ4v) is 2.18. The third-order valence-corrected chi connectivity index (χ3v) is 3.48. The van der Waals surface area contributed by atoms with Gasteiger partial charge in [-0.15, -0.1) is 0 Å². The Morgan fingerprint density at radius 2 is 1.59 bits per heavy atom. The molecule has 7 nitrogen and oxygen atoms in total. The van der Waals surface area contributed by atoms with E-state index in [2.05, 4.69) is 10.6 Å². The molecule has 0 atom stereocenters. The topological polar surface area (TPSA) is 93.7 Å². The highest BCUT2D eigenvalue weighted by molar-refractivity contribution is 5.94. The minimum atomic E-state index is -0.439. The van der Waals surface area contributed by atoms with Crippen LogP contribution in [0.4, 0.5) is 5.69 Å². The van der Waals surface area contributed by atoms with Crippen LogP contribution in [0.15, 0.2) is 54.6 Å². The number of nitrogens with one attached hydrogen (secondary N) is 2. The minimum absolute atomic E-state index is 0.0416. The Labute approximate surface area is 157 Å². The molecule has 27 heavy (non-hydrogen) atoms. The molecule has 0 saturated carbocycles. The number of carbonyl (C=O) groups is 3. The van der Waals surface area contributed by atoms with Gasteiger partial charge in [0.05, 0.1) is 25.3 Å². The molecule has 0 aliphatic rings. The van der Waals surface area contributed by atoms with Crippen LogP contribution in [0.2, 0.25) is 0 Å². The van der Waals surface area contributed by atoms with Gasteiger partial charge in [0.15, 0.2) is 0 Å². The van der Waals surface area contributed by atoms with Gasteiger partial charge in [0, 0.05) is 5.69 Å². The molecule has 2 aromatic rings. The molecule has 0 heterocycles. The summed E-state index contributed by atoms with van der Waals surface area (Å²) in [5, 5.41) is 5.39. The lowest BCUT2D eigenvalue weighted by Gasteiger charge is -2.08. The molecule has 0 aromatic heterocycles. The molecule has 142 valence electrons. The fourth-order valence-electron chi connectivity index (χ4n) is 2.18. The van der Waals surface area contributed by atoms with Gasteiger partial charge in [0.25, 0.3) is 0 Å². The van der Waals surface area contributed by atoms with E-state index < -0.39 is 11.9 Å². The lowest BCUT2D eigenvalue weighted by molar-refractivity contribution is -0.143. The van der Waals surface area contributed by atoms with Crippen molar-refractivity contribution in [1.29, 1.82) is 0 Å². The van der Waals surface area contributed by atoms with Gasteiger partial charge >= 0.3 is 11.9 Å². The number of hydrogen-bond acceptors (Lipinski definition) is 6. The molecule has 0 spiro atoms. The zero-order valence-electron chi connectivity index (χ0n) is 15.1. The van der Waals surface area contributed by atoms with Crippen LogP contribution in [0.1, 0.15) is 22.8 Å². The number of amides is 1. The summed E-state index contributed by atoms with van der Waals surface area (Å²) < 4.78 is 10.00. The van der Waals surface area contributed by atoms with Crippen LogP contribution in [-0.2, 0) is 25.7 Å². The summed E-state index contributed by atoms with van der Waals surface area (Å²) >= 11 is 0. The smallest absolute Gasteiger partial charge is 0.338 e. The summed E-state index contributed by atoms with van der Waals surface area (Å²) in [5.41, 5.74) is 1.85. The predicted octanol–water partition coefficient (Wildman–Crippen LogP) is 2.13. The van der Waals surface area contributed by atoms with E-state index in [9.17, 15) is 14.4 Å². The summed E-state index contributed by atoms with van der Waals surface area (Å²) in [7, 11) is 0. The van der Waals surface area contributed by atoms with Crippen LogP contribution in [0, 0.1) is 0 Å². The Bertz CT molecular complexity index is 760. The van der Waals surface area contributed by atoms with Gasteiger partial charge in [-0.25, -0.2) is 4.79 Å². The maximum atomic E-state index is 11.9. The van der Waals surface area contributed by atoms with Crippen molar-refractivity contribution in [3.63, 3.8) is 0 Å². The molecule has 2 N–H and O–H groups in total. The second kappa shape index (κ2) is 10.7. The molecule has 2 rings (SSSR count). The third kappa shape index (κ3) is 7.29. The van der Waals surface area contributed by atoms with Crippen LogP contribution in [-0.4, -0.2) is 37.5 Å². The van der Waals surface area contributed by atoms with Crippen LogP contribution in [0.5, 0.6) is 0 Å². The van der Waals surface area contributed by atoms with Gasteiger partial charge in [-0.1, -0.05) is 30.3 Å². The van der Waals surface area contributed by atoms with Crippen molar-refractivity contribution in [2.45, 2.75) is 13.5 Å². The van der Waals surface area contributed by atoms with Crippen molar-refractivity contribution in [3.05, 3.63) is 65.7 Å². The molecule has 2 aromatic carbocycles. The van der Waals surface area contributed by atoms with E-state index in [4.69, 9.17) is 9.47 Å². The van der Waals surface area contributed by atoms with E-state index in [1.807, 2.05) is 30.3 Å². The van der Waals surface area contributed by atoms with E-state index in [0.29, 0.717) is 17.9 Å². The lowest BCUT2D eigenvalue weighted by atomic mass is 10.2. The van der Waals surface area contributed by atoms with Gasteiger partial charge < -0.3 is 14.8 Å². The highest BCUT2D eigenvalue weighted by Crippen LogP contribution is 2.10. The molecule has 0 fully saturated rings. The standard InChI is InChI=1S/C20H22N2O5/c1-2-26-20(25)16-8-10-17(11-9-16)22-18(23)12-21-13-19(24)27-14-15-6-4-3-5-7-15/h3-11,21H,2,12-14H2,1H3,(H,22,23). The summed E-state index contributed by atoms with van der Waals surface area (Å²) in [6.07, 6.45) is 0. The largest absolute Gasteiger partial charge is 0.462 e. The summed E-state index contributed by atoms with van der Waals surface area (Å²) in [4.78, 5) is 35.1. The molecule has 0 aliphatic heterocycles. The Balaban J connectivity index is 1.67. The highest BCUT2D eigenvalue weighted by atomic mass is 16.5. The third-order valence-electron chi connectivity index (χ3n) is 3.48. The number of rotatable bonds is 9. The average molecular weight is 370 g/mol. The number of benzene rings is 2. The van der Waals surface area contributed by atoms with Crippen molar-refractivity contribution in [2.24, 2.45) is 0 Å². The fraction of sp³-hybridized carbons (Fsp3) is 0.250. The Kier molecular flexibility index (Phi) is 7.99. The molecule has 1 amide bonds. The van der Waals surface area contributed by atoms with E-state index in [-0.39, 0.29) is 25.6 Å². The van der Waals surface area contributed by atoms with Crippen molar-refractivity contribution in [1.82, 2.24) is 5.32 Å². The maximum Gasteiger partial charge on any atom is 0.338 e. The second-order valence-corrected chi connectivity index (χ2v) is 5.60. The maximum absolute atomic E-state index is 11.9. The molecule has 0 radical (unpaired) electrons. The van der Waals surface area contributed by atoms with Gasteiger partial charge in [-0.2, -0.15) is 0 Å². The number of carbonyl (C=O) groups excluding carboxylic acids is 3.